The van der Waals surface area contributed by atoms with Crippen molar-refractivity contribution in [3.63, 3.8) is 0 Å². The van der Waals surface area contributed by atoms with Gasteiger partial charge >= 0.3 is 5.97 Å². The molecule has 1 aliphatic rings. The van der Waals surface area contributed by atoms with Gasteiger partial charge in [-0.1, -0.05) is 18.2 Å². The minimum atomic E-state index is -0.922. The summed E-state index contributed by atoms with van der Waals surface area (Å²) in [6, 6.07) is 9.27. The number of aromatic nitrogens is 1. The third-order valence-corrected chi connectivity index (χ3v) is 3.39. The Morgan fingerprint density at radius 2 is 2.11 bits per heavy atom. The summed E-state index contributed by atoms with van der Waals surface area (Å²) in [5.41, 5.74) is 1.53. The molecule has 0 spiro atoms. The molecule has 2 aromatic rings. The van der Waals surface area contributed by atoms with E-state index in [0.717, 1.165) is 16.6 Å². The fraction of sp³-hybridized carbons (Fsp3) is 0.214. The zero-order valence-corrected chi connectivity index (χ0v) is 10.1. The molecule has 5 nitrogen and oxygen atoms in total. The number of benzene rings is 1. The molecule has 1 atom stereocenters. The highest BCUT2D eigenvalue weighted by Crippen LogP contribution is 2.30. The second kappa shape index (κ2) is 4.35. The van der Waals surface area contributed by atoms with Crippen molar-refractivity contribution in [3.8, 4) is 0 Å². The van der Waals surface area contributed by atoms with E-state index in [0.29, 0.717) is 0 Å². The molecule has 0 radical (unpaired) electrons. The third-order valence-electron chi connectivity index (χ3n) is 3.39. The molecule has 5 heteroatoms. The van der Waals surface area contributed by atoms with Crippen molar-refractivity contribution in [1.29, 1.82) is 0 Å². The van der Waals surface area contributed by atoms with Gasteiger partial charge in [-0.05, 0) is 12.1 Å². The number of pyridine rings is 1. The summed E-state index contributed by atoms with van der Waals surface area (Å²) >= 11 is 0. The number of carboxylic acids is 1. The van der Waals surface area contributed by atoms with Gasteiger partial charge in [-0.25, -0.2) is 0 Å². The minimum Gasteiger partial charge on any atom is -0.481 e. The van der Waals surface area contributed by atoms with Gasteiger partial charge in [0.15, 0.2) is 0 Å². The number of hydrogen-bond acceptors (Lipinski definition) is 3. The van der Waals surface area contributed by atoms with Crippen molar-refractivity contribution in [2.75, 3.05) is 11.4 Å². The van der Waals surface area contributed by atoms with Crippen LogP contribution in [-0.4, -0.2) is 28.5 Å². The number of fused-ring (bicyclic) bond motifs is 1. The Kier molecular flexibility index (Phi) is 2.67. The summed E-state index contributed by atoms with van der Waals surface area (Å²) in [6.45, 7) is 0.224. The molecule has 19 heavy (non-hydrogen) atoms. The highest BCUT2D eigenvalue weighted by atomic mass is 16.4. The average Bonchev–Trinajstić information content (AvgIpc) is 2.80. The predicted octanol–water partition coefficient (Wildman–Crippen LogP) is 1.67. The van der Waals surface area contributed by atoms with E-state index in [9.17, 15) is 9.59 Å². The number of carbonyl (C=O) groups excluding carboxylic acids is 1. The van der Waals surface area contributed by atoms with E-state index in [4.69, 9.17) is 5.11 Å². The molecule has 1 saturated heterocycles. The maximum Gasteiger partial charge on any atom is 0.308 e. The van der Waals surface area contributed by atoms with Crippen molar-refractivity contribution in [1.82, 2.24) is 4.98 Å². The van der Waals surface area contributed by atoms with Gasteiger partial charge in [-0.15, -0.1) is 0 Å². The van der Waals surface area contributed by atoms with Gasteiger partial charge in [0, 0.05) is 24.5 Å². The molecule has 1 aromatic heterocycles. The molecule has 1 fully saturated rings. The van der Waals surface area contributed by atoms with Crippen LogP contribution in [0.3, 0.4) is 0 Å². The number of carbonyl (C=O) groups is 2. The maximum atomic E-state index is 12.0. The number of amides is 1. The van der Waals surface area contributed by atoms with E-state index in [-0.39, 0.29) is 18.9 Å². The molecule has 96 valence electrons. The van der Waals surface area contributed by atoms with Crippen molar-refractivity contribution in [2.24, 2.45) is 5.92 Å². The molecular weight excluding hydrogens is 244 g/mol. The van der Waals surface area contributed by atoms with Gasteiger partial charge in [0.25, 0.3) is 0 Å². The quantitative estimate of drug-likeness (QED) is 0.887. The SMILES string of the molecule is O=C(O)C1CC(=O)N(c2ccnc3ccccc23)C1. The number of carboxylic acid groups (broad SMARTS) is 1. The monoisotopic (exact) mass is 256 g/mol. The highest BCUT2D eigenvalue weighted by molar-refractivity contribution is 6.05. The second-order valence-electron chi connectivity index (χ2n) is 4.59. The zero-order valence-electron chi connectivity index (χ0n) is 10.1. The normalized spacial score (nSPS) is 19.1. The molecular formula is C14H12N2O3. The summed E-state index contributed by atoms with van der Waals surface area (Å²) in [4.78, 5) is 28.8. The Bertz CT molecular complexity index is 663. The van der Waals surface area contributed by atoms with Crippen LogP contribution in [0.4, 0.5) is 5.69 Å². The standard InChI is InChI=1S/C14H12N2O3/c17-13-7-9(14(18)19)8-16(13)12-5-6-15-11-4-2-1-3-10(11)12/h1-6,9H,7-8H2,(H,18,19). The first-order valence-electron chi connectivity index (χ1n) is 6.04. The predicted molar refractivity (Wildman–Crippen MR) is 69.8 cm³/mol. The van der Waals surface area contributed by atoms with E-state index in [2.05, 4.69) is 4.98 Å². The number of rotatable bonds is 2. The highest BCUT2D eigenvalue weighted by Gasteiger charge is 2.35. The van der Waals surface area contributed by atoms with Crippen LogP contribution in [0.2, 0.25) is 0 Å². The summed E-state index contributed by atoms with van der Waals surface area (Å²) < 4.78 is 0. The van der Waals surface area contributed by atoms with Gasteiger partial charge in [-0.2, -0.15) is 0 Å². The molecule has 3 rings (SSSR count). The first kappa shape index (κ1) is 11.6. The van der Waals surface area contributed by atoms with Crippen LogP contribution in [0, 0.1) is 5.92 Å². The van der Waals surface area contributed by atoms with Gasteiger partial charge < -0.3 is 10.0 Å². The number of anilines is 1. The van der Waals surface area contributed by atoms with Crippen LogP contribution >= 0.6 is 0 Å². The Labute approximate surface area is 109 Å². The minimum absolute atomic E-state index is 0.0615. The molecule has 1 unspecified atom stereocenters. The van der Waals surface area contributed by atoms with Gasteiger partial charge in [0.2, 0.25) is 5.91 Å². The number of aliphatic carboxylic acids is 1. The van der Waals surface area contributed by atoms with Crippen LogP contribution in [0.15, 0.2) is 36.5 Å². The Hall–Kier alpha value is -2.43. The fourth-order valence-corrected chi connectivity index (χ4v) is 2.42. The van der Waals surface area contributed by atoms with E-state index in [1.807, 2.05) is 24.3 Å². The van der Waals surface area contributed by atoms with Gasteiger partial charge in [0.05, 0.1) is 17.1 Å². The van der Waals surface area contributed by atoms with Crippen molar-refractivity contribution >= 4 is 28.5 Å². The lowest BCUT2D eigenvalue weighted by atomic mass is 10.1. The summed E-state index contributed by atoms with van der Waals surface area (Å²) in [6.07, 6.45) is 1.70. The van der Waals surface area contributed by atoms with Crippen LogP contribution in [0.25, 0.3) is 10.9 Å². The lowest BCUT2D eigenvalue weighted by molar-refractivity contribution is -0.141. The van der Waals surface area contributed by atoms with Gasteiger partial charge in [0.1, 0.15) is 0 Å². The molecule has 1 N–H and O–H groups in total. The molecule has 1 amide bonds. The number of hydrogen-bond donors (Lipinski definition) is 1. The number of para-hydroxylation sites is 1. The molecule has 2 heterocycles. The largest absolute Gasteiger partial charge is 0.481 e. The van der Waals surface area contributed by atoms with Crippen LogP contribution in [-0.2, 0) is 9.59 Å². The summed E-state index contributed by atoms with van der Waals surface area (Å²) in [5.74, 6) is -1.70. The van der Waals surface area contributed by atoms with Gasteiger partial charge in [-0.3, -0.25) is 14.6 Å². The topological polar surface area (TPSA) is 70.5 Å². The Balaban J connectivity index is 2.05. The van der Waals surface area contributed by atoms with Crippen molar-refractivity contribution in [3.05, 3.63) is 36.5 Å². The van der Waals surface area contributed by atoms with E-state index in [1.165, 1.54) is 0 Å². The maximum absolute atomic E-state index is 12.0. The van der Waals surface area contributed by atoms with Crippen LogP contribution in [0.1, 0.15) is 6.42 Å². The van der Waals surface area contributed by atoms with E-state index < -0.39 is 11.9 Å². The summed E-state index contributed by atoms with van der Waals surface area (Å²) in [5, 5.41) is 9.88. The Morgan fingerprint density at radius 1 is 1.32 bits per heavy atom. The fourth-order valence-electron chi connectivity index (χ4n) is 2.42. The van der Waals surface area contributed by atoms with E-state index >= 15 is 0 Å². The average molecular weight is 256 g/mol. The lowest BCUT2D eigenvalue weighted by Crippen LogP contribution is -2.26. The lowest BCUT2D eigenvalue weighted by Gasteiger charge is -2.18. The molecule has 1 aromatic carbocycles. The first-order chi connectivity index (χ1) is 9.16. The van der Waals surface area contributed by atoms with E-state index in [1.54, 1.807) is 17.2 Å². The second-order valence-corrected chi connectivity index (χ2v) is 4.59. The van der Waals surface area contributed by atoms with Crippen molar-refractivity contribution < 1.29 is 14.7 Å². The zero-order chi connectivity index (χ0) is 13.4. The molecule has 0 saturated carbocycles. The Morgan fingerprint density at radius 3 is 2.84 bits per heavy atom. The summed E-state index contributed by atoms with van der Waals surface area (Å²) in [7, 11) is 0. The third kappa shape index (κ3) is 1.93. The molecule has 0 aliphatic carbocycles. The number of nitrogens with zero attached hydrogens (tertiary/aromatic N) is 2. The molecule has 1 aliphatic heterocycles. The first-order valence-corrected chi connectivity index (χ1v) is 6.04. The van der Waals surface area contributed by atoms with Crippen molar-refractivity contribution in [2.45, 2.75) is 6.42 Å². The van der Waals surface area contributed by atoms with Crippen LogP contribution in [0.5, 0.6) is 0 Å². The smallest absolute Gasteiger partial charge is 0.308 e. The molecule has 0 bridgehead atoms. The van der Waals surface area contributed by atoms with Crippen LogP contribution < -0.4 is 4.90 Å².